The molecule has 2 amide bonds. The second-order valence-electron chi connectivity index (χ2n) is 6.73. The van der Waals surface area contributed by atoms with Gasteiger partial charge >= 0.3 is 0 Å². The zero-order valence-corrected chi connectivity index (χ0v) is 15.8. The largest absolute Gasteiger partial charge is 0.322 e. The van der Waals surface area contributed by atoms with Crippen LogP contribution in [0, 0.1) is 23.0 Å². The van der Waals surface area contributed by atoms with Crippen LogP contribution in [0.25, 0.3) is 0 Å². The zero-order chi connectivity index (χ0) is 20.4. The van der Waals surface area contributed by atoms with E-state index in [4.69, 9.17) is 0 Å². The summed E-state index contributed by atoms with van der Waals surface area (Å²) in [4.78, 5) is 35.6. The molecule has 3 atom stereocenters. The number of anilines is 1. The molecule has 2 aromatic rings. The van der Waals surface area contributed by atoms with E-state index in [-0.39, 0.29) is 29.1 Å². The van der Waals surface area contributed by atoms with E-state index < -0.39 is 17.1 Å². The highest BCUT2D eigenvalue weighted by Gasteiger charge is 2.34. The second kappa shape index (κ2) is 7.77. The standard InChI is InChI=1S/C18H22N6O4/c1-4-12-11(3)19-18(21-16(12)25)23-15(9-10(2)22-23)20-17(26)13-7-5-6-8-14(13)24(27)28/h5-9,11-12,18-19H,4H2,1-3H3,(H,20,26)(H,21,25). The summed E-state index contributed by atoms with van der Waals surface area (Å²) in [5, 5.41) is 24.3. The van der Waals surface area contributed by atoms with E-state index in [0.717, 1.165) is 0 Å². The number of nitrogens with zero attached hydrogens (tertiary/aromatic N) is 3. The van der Waals surface area contributed by atoms with Crippen LogP contribution in [0.5, 0.6) is 0 Å². The number of aryl methyl sites for hydroxylation is 1. The van der Waals surface area contributed by atoms with Crippen molar-refractivity contribution in [1.29, 1.82) is 0 Å². The van der Waals surface area contributed by atoms with Crippen LogP contribution in [0.2, 0.25) is 0 Å². The summed E-state index contributed by atoms with van der Waals surface area (Å²) in [5.74, 6) is -0.559. The molecule has 0 saturated carbocycles. The number of amides is 2. The van der Waals surface area contributed by atoms with Crippen molar-refractivity contribution < 1.29 is 14.5 Å². The Bertz CT molecular complexity index is 925. The number of carbonyl (C=O) groups is 2. The van der Waals surface area contributed by atoms with Gasteiger partial charge in [0.15, 0.2) is 6.29 Å². The Morgan fingerprint density at radius 2 is 2.11 bits per heavy atom. The Kier molecular flexibility index (Phi) is 5.41. The molecule has 28 heavy (non-hydrogen) atoms. The maximum Gasteiger partial charge on any atom is 0.282 e. The monoisotopic (exact) mass is 386 g/mol. The van der Waals surface area contributed by atoms with E-state index in [2.05, 4.69) is 21.0 Å². The predicted octanol–water partition coefficient (Wildman–Crippen LogP) is 1.94. The Balaban J connectivity index is 1.87. The van der Waals surface area contributed by atoms with Crippen LogP contribution in [0.3, 0.4) is 0 Å². The molecule has 0 aliphatic carbocycles. The molecule has 10 nitrogen and oxygen atoms in total. The molecule has 3 unspecified atom stereocenters. The lowest BCUT2D eigenvalue weighted by Crippen LogP contribution is -2.57. The van der Waals surface area contributed by atoms with Crippen LogP contribution < -0.4 is 16.0 Å². The average molecular weight is 386 g/mol. The fourth-order valence-corrected chi connectivity index (χ4v) is 3.36. The third-order valence-electron chi connectivity index (χ3n) is 4.77. The number of benzene rings is 1. The molecule has 1 aliphatic rings. The van der Waals surface area contributed by atoms with E-state index in [1.165, 1.54) is 22.9 Å². The smallest absolute Gasteiger partial charge is 0.282 e. The van der Waals surface area contributed by atoms with Crippen LogP contribution in [0.1, 0.15) is 42.6 Å². The minimum Gasteiger partial charge on any atom is -0.322 e. The summed E-state index contributed by atoms with van der Waals surface area (Å²) in [6.07, 6.45) is 0.0617. The van der Waals surface area contributed by atoms with E-state index in [0.29, 0.717) is 17.9 Å². The molecule has 0 bridgehead atoms. The van der Waals surface area contributed by atoms with Crippen molar-refractivity contribution in [2.24, 2.45) is 5.92 Å². The van der Waals surface area contributed by atoms with Gasteiger partial charge in [-0.05, 0) is 26.3 Å². The lowest BCUT2D eigenvalue weighted by molar-refractivity contribution is -0.385. The number of rotatable bonds is 5. The van der Waals surface area contributed by atoms with Crippen LogP contribution in [0.15, 0.2) is 30.3 Å². The van der Waals surface area contributed by atoms with E-state index in [1.807, 2.05) is 13.8 Å². The van der Waals surface area contributed by atoms with Gasteiger partial charge in [-0.25, -0.2) is 4.68 Å². The average Bonchev–Trinajstić information content (AvgIpc) is 3.01. The van der Waals surface area contributed by atoms with Gasteiger partial charge in [0.2, 0.25) is 5.91 Å². The van der Waals surface area contributed by atoms with Crippen molar-refractivity contribution in [1.82, 2.24) is 20.4 Å². The van der Waals surface area contributed by atoms with Crippen molar-refractivity contribution in [3.63, 3.8) is 0 Å². The summed E-state index contributed by atoms with van der Waals surface area (Å²) in [6, 6.07) is 7.27. The summed E-state index contributed by atoms with van der Waals surface area (Å²) >= 11 is 0. The topological polar surface area (TPSA) is 131 Å². The quantitative estimate of drug-likeness (QED) is 0.532. The van der Waals surface area contributed by atoms with Gasteiger partial charge in [-0.2, -0.15) is 5.10 Å². The number of aromatic nitrogens is 2. The summed E-state index contributed by atoms with van der Waals surface area (Å²) in [6.45, 7) is 5.61. The molecule has 1 aromatic carbocycles. The molecule has 1 aliphatic heterocycles. The Labute approximate surface area is 161 Å². The van der Waals surface area contributed by atoms with Crippen LogP contribution in [0.4, 0.5) is 11.5 Å². The lowest BCUT2D eigenvalue weighted by atomic mass is 9.95. The van der Waals surface area contributed by atoms with Gasteiger partial charge in [-0.15, -0.1) is 0 Å². The molecule has 3 N–H and O–H groups in total. The van der Waals surface area contributed by atoms with Gasteiger partial charge in [0.25, 0.3) is 11.6 Å². The van der Waals surface area contributed by atoms with Gasteiger partial charge in [-0.1, -0.05) is 19.1 Å². The number of nitrogens with one attached hydrogen (secondary N) is 3. The fourth-order valence-electron chi connectivity index (χ4n) is 3.36. The molecule has 0 radical (unpaired) electrons. The Morgan fingerprint density at radius 3 is 2.75 bits per heavy atom. The Hall–Kier alpha value is -3.27. The van der Waals surface area contributed by atoms with Gasteiger partial charge in [0.05, 0.1) is 16.5 Å². The lowest BCUT2D eigenvalue weighted by Gasteiger charge is -2.35. The minimum atomic E-state index is -0.639. The van der Waals surface area contributed by atoms with Gasteiger partial charge in [-0.3, -0.25) is 25.0 Å². The van der Waals surface area contributed by atoms with Gasteiger partial charge in [0, 0.05) is 18.2 Å². The van der Waals surface area contributed by atoms with Crippen molar-refractivity contribution in [2.75, 3.05) is 5.32 Å². The SMILES string of the molecule is CCC1C(=O)NC(n2nc(C)cc2NC(=O)c2ccccc2[N+](=O)[O-])NC1C. The molecule has 1 saturated heterocycles. The number of hydrogen-bond acceptors (Lipinski definition) is 6. The molecule has 1 fully saturated rings. The van der Waals surface area contributed by atoms with Crippen molar-refractivity contribution in [2.45, 2.75) is 39.5 Å². The molecule has 148 valence electrons. The van der Waals surface area contributed by atoms with E-state index in [9.17, 15) is 19.7 Å². The molecule has 3 rings (SSSR count). The maximum absolute atomic E-state index is 12.6. The van der Waals surface area contributed by atoms with E-state index >= 15 is 0 Å². The molecule has 1 aromatic heterocycles. The Morgan fingerprint density at radius 1 is 1.39 bits per heavy atom. The first-order valence-corrected chi connectivity index (χ1v) is 8.99. The molecule has 2 heterocycles. The van der Waals surface area contributed by atoms with Crippen molar-refractivity contribution in [3.05, 3.63) is 51.7 Å². The van der Waals surface area contributed by atoms with Gasteiger partial charge in [0.1, 0.15) is 11.4 Å². The number of nitro groups is 1. The van der Waals surface area contributed by atoms with Crippen molar-refractivity contribution >= 4 is 23.3 Å². The predicted molar refractivity (Wildman–Crippen MR) is 102 cm³/mol. The third-order valence-corrected chi connectivity index (χ3v) is 4.77. The summed E-state index contributed by atoms with van der Waals surface area (Å²) in [5.41, 5.74) is 0.281. The first-order chi connectivity index (χ1) is 13.3. The molecular formula is C18H22N6O4. The number of para-hydroxylation sites is 1. The number of nitro benzene ring substituents is 1. The van der Waals surface area contributed by atoms with Crippen LogP contribution >= 0.6 is 0 Å². The molecular weight excluding hydrogens is 364 g/mol. The highest BCUT2D eigenvalue weighted by molar-refractivity contribution is 6.06. The van der Waals surface area contributed by atoms with E-state index in [1.54, 1.807) is 19.1 Å². The third kappa shape index (κ3) is 3.72. The molecule has 0 spiro atoms. The second-order valence-corrected chi connectivity index (χ2v) is 6.73. The zero-order valence-electron chi connectivity index (χ0n) is 15.8. The van der Waals surface area contributed by atoms with Crippen LogP contribution in [-0.4, -0.2) is 32.6 Å². The first kappa shape index (κ1) is 19.5. The first-order valence-electron chi connectivity index (χ1n) is 8.99. The fraction of sp³-hybridized carbons (Fsp3) is 0.389. The van der Waals surface area contributed by atoms with Crippen molar-refractivity contribution in [3.8, 4) is 0 Å². The maximum atomic E-state index is 12.6. The highest BCUT2D eigenvalue weighted by Crippen LogP contribution is 2.23. The van der Waals surface area contributed by atoms with Gasteiger partial charge < -0.3 is 10.6 Å². The number of carbonyl (C=O) groups excluding carboxylic acids is 2. The van der Waals surface area contributed by atoms with Crippen LogP contribution in [-0.2, 0) is 4.79 Å². The minimum absolute atomic E-state index is 0.0574. The molecule has 10 heteroatoms. The normalized spacial score (nSPS) is 21.8. The number of hydrogen-bond donors (Lipinski definition) is 3. The summed E-state index contributed by atoms with van der Waals surface area (Å²) < 4.78 is 1.46. The summed E-state index contributed by atoms with van der Waals surface area (Å²) in [7, 11) is 0. The highest BCUT2D eigenvalue weighted by atomic mass is 16.6.